The normalized spacial score (nSPS) is 10.4. The molecule has 0 aliphatic rings. The van der Waals surface area contributed by atoms with Crippen molar-refractivity contribution in [3.05, 3.63) is 71.1 Å². The summed E-state index contributed by atoms with van der Waals surface area (Å²) >= 11 is 5.86. The molecule has 0 bridgehead atoms. The Hall–Kier alpha value is -3.12. The fourth-order valence-electron chi connectivity index (χ4n) is 2.20. The van der Waals surface area contributed by atoms with Gasteiger partial charge in [0.1, 0.15) is 29.6 Å². The number of furan rings is 1. The second-order valence-corrected chi connectivity index (χ2v) is 5.78. The number of rotatable bonds is 6. The van der Waals surface area contributed by atoms with Gasteiger partial charge in [-0.25, -0.2) is 0 Å². The molecule has 6 nitrogen and oxygen atoms in total. The summed E-state index contributed by atoms with van der Waals surface area (Å²) in [5.41, 5.74) is 0.204. The van der Waals surface area contributed by atoms with Gasteiger partial charge >= 0.3 is 0 Å². The van der Waals surface area contributed by atoms with Crippen molar-refractivity contribution in [3.8, 4) is 17.2 Å². The van der Waals surface area contributed by atoms with Crippen LogP contribution in [0.5, 0.6) is 17.2 Å². The molecule has 2 N–H and O–H groups in total. The van der Waals surface area contributed by atoms with E-state index in [0.717, 1.165) is 5.75 Å². The molecule has 134 valence electrons. The monoisotopic (exact) mass is 373 g/mol. The third-order valence-corrected chi connectivity index (χ3v) is 3.77. The maximum atomic E-state index is 12.2. The number of nitrogens with one attached hydrogen (secondary N) is 1. The number of hydrogen-bond acceptors (Lipinski definition) is 5. The first kappa shape index (κ1) is 17.7. The van der Waals surface area contributed by atoms with Crippen LogP contribution in [-0.2, 0) is 6.61 Å². The molecule has 0 unspecified atom stereocenters. The van der Waals surface area contributed by atoms with Crippen LogP contribution >= 0.6 is 11.6 Å². The van der Waals surface area contributed by atoms with Gasteiger partial charge in [0, 0.05) is 5.02 Å². The summed E-state index contributed by atoms with van der Waals surface area (Å²) in [7, 11) is 1.59. The first-order valence-corrected chi connectivity index (χ1v) is 8.08. The summed E-state index contributed by atoms with van der Waals surface area (Å²) in [6, 6.07) is 14.7. The molecule has 0 fully saturated rings. The van der Waals surface area contributed by atoms with Crippen molar-refractivity contribution in [1.29, 1.82) is 0 Å². The molecule has 0 spiro atoms. The van der Waals surface area contributed by atoms with Gasteiger partial charge in [0.2, 0.25) is 0 Å². The van der Waals surface area contributed by atoms with Gasteiger partial charge in [-0.05, 0) is 54.6 Å². The zero-order valence-corrected chi connectivity index (χ0v) is 14.6. The van der Waals surface area contributed by atoms with Crippen molar-refractivity contribution in [3.63, 3.8) is 0 Å². The molecule has 2 aromatic carbocycles. The highest BCUT2D eigenvalue weighted by molar-refractivity contribution is 6.31. The van der Waals surface area contributed by atoms with Gasteiger partial charge in [-0.3, -0.25) is 4.79 Å². The number of carbonyl (C=O) groups is 1. The van der Waals surface area contributed by atoms with E-state index in [9.17, 15) is 9.90 Å². The zero-order valence-electron chi connectivity index (χ0n) is 13.9. The van der Waals surface area contributed by atoms with Gasteiger partial charge in [-0.1, -0.05) is 11.6 Å². The summed E-state index contributed by atoms with van der Waals surface area (Å²) in [6.45, 7) is 0.169. The van der Waals surface area contributed by atoms with E-state index in [4.69, 9.17) is 25.5 Å². The quantitative estimate of drug-likeness (QED) is 0.623. The molecule has 26 heavy (non-hydrogen) atoms. The number of ether oxygens (including phenoxy) is 2. The van der Waals surface area contributed by atoms with Crippen molar-refractivity contribution in [1.82, 2.24) is 0 Å². The molecule has 1 heterocycles. The highest BCUT2D eigenvalue weighted by atomic mass is 35.5. The van der Waals surface area contributed by atoms with E-state index in [-0.39, 0.29) is 23.8 Å². The van der Waals surface area contributed by atoms with Crippen LogP contribution in [0.2, 0.25) is 5.02 Å². The maximum absolute atomic E-state index is 12.2. The van der Waals surface area contributed by atoms with Crippen molar-refractivity contribution in [2.45, 2.75) is 6.61 Å². The fourth-order valence-corrected chi connectivity index (χ4v) is 2.37. The average molecular weight is 374 g/mol. The van der Waals surface area contributed by atoms with Crippen LogP contribution in [-0.4, -0.2) is 18.1 Å². The number of phenolic OH excluding ortho intramolecular Hbond substituents is 1. The zero-order chi connectivity index (χ0) is 18.5. The Morgan fingerprint density at radius 3 is 2.58 bits per heavy atom. The predicted molar refractivity (Wildman–Crippen MR) is 97.1 cm³/mol. The molecule has 0 radical (unpaired) electrons. The van der Waals surface area contributed by atoms with Crippen molar-refractivity contribution in [2.75, 3.05) is 12.4 Å². The van der Waals surface area contributed by atoms with E-state index in [0.29, 0.717) is 16.5 Å². The molecular formula is C19H16ClNO5. The van der Waals surface area contributed by atoms with Gasteiger partial charge in [-0.2, -0.15) is 0 Å². The number of methoxy groups -OCH3 is 1. The molecule has 3 rings (SSSR count). The van der Waals surface area contributed by atoms with Gasteiger partial charge in [0.05, 0.1) is 12.8 Å². The lowest BCUT2D eigenvalue weighted by Crippen LogP contribution is -2.11. The van der Waals surface area contributed by atoms with E-state index in [1.54, 1.807) is 37.4 Å². The van der Waals surface area contributed by atoms with Gasteiger partial charge in [0.15, 0.2) is 5.76 Å². The molecule has 0 atom stereocenters. The number of amides is 1. The topological polar surface area (TPSA) is 80.9 Å². The minimum absolute atomic E-state index is 0.0858. The Morgan fingerprint density at radius 2 is 1.85 bits per heavy atom. The predicted octanol–water partition coefficient (Wildman–Crippen LogP) is 4.48. The molecule has 7 heteroatoms. The van der Waals surface area contributed by atoms with Crippen molar-refractivity contribution >= 4 is 23.2 Å². The Kier molecular flexibility index (Phi) is 5.34. The first-order chi connectivity index (χ1) is 12.5. The maximum Gasteiger partial charge on any atom is 0.291 e. The minimum Gasteiger partial charge on any atom is -0.506 e. The lowest BCUT2D eigenvalue weighted by atomic mass is 10.3. The van der Waals surface area contributed by atoms with Crippen LogP contribution in [0.25, 0.3) is 0 Å². The SMILES string of the molecule is COc1ccc(OCc2ccc(C(=O)Nc3cc(Cl)ccc3O)o2)cc1. The summed E-state index contributed by atoms with van der Waals surface area (Å²) < 4.78 is 16.2. The third kappa shape index (κ3) is 4.29. The smallest absolute Gasteiger partial charge is 0.291 e. The average Bonchev–Trinajstić information content (AvgIpc) is 3.12. The van der Waals surface area contributed by atoms with E-state index < -0.39 is 5.91 Å². The van der Waals surface area contributed by atoms with E-state index >= 15 is 0 Å². The van der Waals surface area contributed by atoms with Crippen LogP contribution in [0.3, 0.4) is 0 Å². The molecule has 0 aliphatic carbocycles. The third-order valence-electron chi connectivity index (χ3n) is 3.53. The van der Waals surface area contributed by atoms with E-state index in [2.05, 4.69) is 5.32 Å². The van der Waals surface area contributed by atoms with Gasteiger partial charge < -0.3 is 24.3 Å². The molecule has 3 aromatic rings. The number of anilines is 1. The lowest BCUT2D eigenvalue weighted by Gasteiger charge is -2.06. The highest BCUT2D eigenvalue weighted by Gasteiger charge is 2.14. The Bertz CT molecular complexity index is 905. The van der Waals surface area contributed by atoms with Crippen LogP contribution in [0.1, 0.15) is 16.3 Å². The van der Waals surface area contributed by atoms with Crippen LogP contribution < -0.4 is 14.8 Å². The largest absolute Gasteiger partial charge is 0.506 e. The number of carbonyl (C=O) groups excluding carboxylic acids is 1. The molecule has 0 aliphatic heterocycles. The molecular weight excluding hydrogens is 358 g/mol. The second-order valence-electron chi connectivity index (χ2n) is 5.35. The van der Waals surface area contributed by atoms with Crippen molar-refractivity contribution < 1.29 is 23.8 Å². The Labute approximate surface area is 154 Å². The van der Waals surface area contributed by atoms with Crippen molar-refractivity contribution in [2.24, 2.45) is 0 Å². The molecule has 1 aromatic heterocycles. The van der Waals surface area contributed by atoms with Crippen LogP contribution in [0.4, 0.5) is 5.69 Å². The Balaban J connectivity index is 1.61. The standard InChI is InChI=1S/C19H16ClNO5/c1-24-13-3-5-14(6-4-13)25-11-15-7-9-18(26-15)19(23)21-16-10-12(20)2-8-17(16)22/h2-10,22H,11H2,1H3,(H,21,23). The molecule has 1 amide bonds. The summed E-state index contributed by atoms with van der Waals surface area (Å²) in [5, 5.41) is 12.7. The highest BCUT2D eigenvalue weighted by Crippen LogP contribution is 2.27. The minimum atomic E-state index is -0.502. The number of aromatic hydroxyl groups is 1. The lowest BCUT2D eigenvalue weighted by molar-refractivity contribution is 0.0992. The molecule has 0 saturated heterocycles. The van der Waals surface area contributed by atoms with Gasteiger partial charge in [-0.15, -0.1) is 0 Å². The summed E-state index contributed by atoms with van der Waals surface area (Å²) in [6.07, 6.45) is 0. The number of hydrogen-bond donors (Lipinski definition) is 2. The summed E-state index contributed by atoms with van der Waals surface area (Å²) in [5.74, 6) is 1.38. The second kappa shape index (κ2) is 7.84. The fraction of sp³-hybridized carbons (Fsp3) is 0.105. The summed E-state index contributed by atoms with van der Waals surface area (Å²) in [4.78, 5) is 12.2. The Morgan fingerprint density at radius 1 is 1.12 bits per heavy atom. The van der Waals surface area contributed by atoms with E-state index in [1.165, 1.54) is 24.3 Å². The number of halogens is 1. The van der Waals surface area contributed by atoms with Crippen LogP contribution in [0, 0.1) is 0 Å². The molecule has 0 saturated carbocycles. The number of phenols is 1. The first-order valence-electron chi connectivity index (χ1n) is 7.70. The number of benzene rings is 2. The van der Waals surface area contributed by atoms with E-state index in [1.807, 2.05) is 0 Å². The van der Waals surface area contributed by atoms with Gasteiger partial charge in [0.25, 0.3) is 5.91 Å². The van der Waals surface area contributed by atoms with Crippen LogP contribution in [0.15, 0.2) is 59.0 Å².